The second kappa shape index (κ2) is 10.4. The molecular weight excluding hydrogens is 488 g/mol. The van der Waals surface area contributed by atoms with Crippen LogP contribution in [0.5, 0.6) is 5.75 Å². The average molecular weight is 529 g/mol. The molecule has 4 rings (SSSR count). The number of amides is 1. The first-order valence-corrected chi connectivity index (χ1v) is 13.0. The number of aliphatic hydroxyl groups excluding tert-OH is 1. The van der Waals surface area contributed by atoms with E-state index >= 15 is 0 Å². The molecule has 2 fully saturated rings. The molecule has 1 amide bonds. The van der Waals surface area contributed by atoms with E-state index < -0.39 is 35.7 Å². The van der Waals surface area contributed by atoms with Crippen LogP contribution in [-0.2, 0) is 25.4 Å². The summed E-state index contributed by atoms with van der Waals surface area (Å²) in [5.41, 5.74) is 0.568. The largest absolute Gasteiger partial charge is 0.508 e. The van der Waals surface area contributed by atoms with Crippen molar-refractivity contribution >= 4 is 11.6 Å². The van der Waals surface area contributed by atoms with Gasteiger partial charge in [0.2, 0.25) is 5.91 Å². The lowest BCUT2D eigenvalue weighted by molar-refractivity contribution is -0.158. The molecule has 208 valence electrons. The van der Waals surface area contributed by atoms with Gasteiger partial charge in [0.25, 0.3) is 0 Å². The van der Waals surface area contributed by atoms with Gasteiger partial charge in [-0.25, -0.2) is 0 Å². The molecular formula is C29H40N2O7. The molecule has 0 aromatic heterocycles. The Morgan fingerprint density at radius 3 is 2.68 bits per heavy atom. The number of phenols is 1. The van der Waals surface area contributed by atoms with E-state index in [4.69, 9.17) is 14.2 Å². The lowest BCUT2D eigenvalue weighted by Gasteiger charge is -2.44. The highest BCUT2D eigenvalue weighted by atomic mass is 16.6. The highest BCUT2D eigenvalue weighted by Crippen LogP contribution is 2.48. The Morgan fingerprint density at radius 1 is 1.29 bits per heavy atom. The quantitative estimate of drug-likeness (QED) is 0.411. The molecule has 0 radical (unpaired) electrons. The molecule has 3 heterocycles. The summed E-state index contributed by atoms with van der Waals surface area (Å²) in [6.07, 6.45) is 3.47. The second-order valence-corrected chi connectivity index (χ2v) is 11.1. The Balaban J connectivity index is 1.73. The number of allylic oxidation sites excluding steroid dienone is 3. The van der Waals surface area contributed by atoms with E-state index in [1.807, 2.05) is 32.1 Å². The Bertz CT molecular complexity index is 1160. The van der Waals surface area contributed by atoms with Gasteiger partial charge in [0.15, 0.2) is 11.6 Å². The van der Waals surface area contributed by atoms with E-state index in [-0.39, 0.29) is 36.3 Å². The van der Waals surface area contributed by atoms with Crippen LogP contribution in [0.4, 0.5) is 5.69 Å². The van der Waals surface area contributed by atoms with Crippen LogP contribution < -0.4 is 10.2 Å². The van der Waals surface area contributed by atoms with E-state index in [1.165, 1.54) is 12.0 Å². The Hall–Kier alpha value is -2.85. The number of rotatable bonds is 1. The average Bonchev–Trinajstić information content (AvgIpc) is 3.54. The summed E-state index contributed by atoms with van der Waals surface area (Å²) in [6, 6.07) is 3.57. The van der Waals surface area contributed by atoms with E-state index in [0.717, 1.165) is 11.1 Å². The highest BCUT2D eigenvalue weighted by molar-refractivity contribution is 5.94. The fraction of sp³-hybridized carbons (Fsp3) is 0.552. The monoisotopic (exact) mass is 528 g/mol. The van der Waals surface area contributed by atoms with Crippen LogP contribution in [0.2, 0.25) is 0 Å². The molecule has 0 aliphatic carbocycles. The lowest BCUT2D eigenvalue weighted by atomic mass is 9.83. The number of aromatic hydroxyl groups is 1. The van der Waals surface area contributed by atoms with Crippen LogP contribution in [0.1, 0.15) is 44.7 Å². The summed E-state index contributed by atoms with van der Waals surface area (Å²) >= 11 is 0. The van der Waals surface area contributed by atoms with Crippen LogP contribution in [0.3, 0.4) is 0 Å². The van der Waals surface area contributed by atoms with Gasteiger partial charge in [0, 0.05) is 32.1 Å². The maximum absolute atomic E-state index is 13.2. The fourth-order valence-electron chi connectivity index (χ4n) is 5.63. The first-order chi connectivity index (χ1) is 17.8. The number of anilines is 1. The van der Waals surface area contributed by atoms with Gasteiger partial charge < -0.3 is 39.7 Å². The minimum absolute atomic E-state index is 0.0959. The number of methoxy groups -OCH3 is 1. The first kappa shape index (κ1) is 28.2. The Labute approximate surface area is 224 Å². The van der Waals surface area contributed by atoms with Gasteiger partial charge in [-0.3, -0.25) is 4.79 Å². The van der Waals surface area contributed by atoms with Crippen molar-refractivity contribution in [3.63, 3.8) is 0 Å². The number of fused-ring (bicyclic) bond motifs is 5. The first-order valence-electron chi connectivity index (χ1n) is 13.0. The minimum atomic E-state index is -1.48. The van der Waals surface area contributed by atoms with Gasteiger partial charge in [-0.15, -0.1) is 0 Å². The number of ether oxygens (including phenoxy) is 3. The van der Waals surface area contributed by atoms with Gasteiger partial charge in [0.05, 0.1) is 24.3 Å². The van der Waals surface area contributed by atoms with Crippen molar-refractivity contribution in [2.75, 3.05) is 19.1 Å². The highest BCUT2D eigenvalue weighted by Gasteiger charge is 2.62. The number of nitrogens with zero attached hydrogens (tertiary/aromatic N) is 1. The number of carbonyl (C=O) groups is 1. The number of carbonyl (C=O) groups excluding carboxylic acids is 1. The number of hydrogen-bond acceptors (Lipinski definition) is 8. The third-order valence-corrected chi connectivity index (χ3v) is 8.17. The lowest BCUT2D eigenvalue weighted by Crippen LogP contribution is -2.60. The van der Waals surface area contributed by atoms with Crippen LogP contribution >= 0.6 is 0 Å². The molecule has 1 aromatic carbocycles. The standard InChI is InChI=1S/C29H40N2O7/c1-16-9-8-10-25(36-7)29(35)15-23(37-19(4)30-29)18(3)27-28(5,38-27)24(33)14-26(34)31(6)21-12-20(11-16)13-22(32)17(21)2/h8-10,12-13,18,23-25,27,30,32-33,35H,4,11,14-15H2,1-3,5-7H3/b10-8+,16-9+/t18-,23+,24+,25-,27?,28+,29+/m1/s1. The van der Waals surface area contributed by atoms with E-state index in [9.17, 15) is 20.1 Å². The van der Waals surface area contributed by atoms with Crippen LogP contribution in [0.25, 0.3) is 0 Å². The van der Waals surface area contributed by atoms with Crippen LogP contribution in [0.15, 0.2) is 48.4 Å². The van der Waals surface area contributed by atoms with Crippen molar-refractivity contribution in [1.29, 1.82) is 0 Å². The van der Waals surface area contributed by atoms with Crippen molar-refractivity contribution in [3.05, 3.63) is 59.5 Å². The Kier molecular flexibility index (Phi) is 7.69. The number of aliphatic hydroxyl groups is 2. The molecule has 4 N–H and O–H groups in total. The fourth-order valence-corrected chi connectivity index (χ4v) is 5.63. The van der Waals surface area contributed by atoms with Crippen LogP contribution in [0, 0.1) is 12.8 Å². The van der Waals surface area contributed by atoms with E-state index in [2.05, 4.69) is 11.9 Å². The normalized spacial score (nSPS) is 38.4. The molecule has 4 bridgehead atoms. The summed E-state index contributed by atoms with van der Waals surface area (Å²) in [5, 5.41) is 36.2. The zero-order chi connectivity index (χ0) is 28.0. The van der Waals surface area contributed by atoms with Gasteiger partial charge in [-0.1, -0.05) is 30.7 Å². The molecule has 0 spiro atoms. The number of benzene rings is 1. The smallest absolute Gasteiger partial charge is 0.229 e. The van der Waals surface area contributed by atoms with Crippen molar-refractivity contribution in [1.82, 2.24) is 5.32 Å². The number of nitrogens with one attached hydrogen (secondary N) is 1. The molecule has 1 aromatic rings. The third-order valence-electron chi connectivity index (χ3n) is 8.17. The zero-order valence-electron chi connectivity index (χ0n) is 23.0. The molecule has 7 atom stereocenters. The summed E-state index contributed by atoms with van der Waals surface area (Å²) in [5.74, 6) is -0.206. The molecule has 0 saturated carbocycles. The van der Waals surface area contributed by atoms with Gasteiger partial charge in [0.1, 0.15) is 23.6 Å². The maximum atomic E-state index is 13.2. The summed E-state index contributed by atoms with van der Waals surface area (Å²) in [7, 11) is 3.17. The van der Waals surface area contributed by atoms with E-state index in [0.29, 0.717) is 17.7 Å². The van der Waals surface area contributed by atoms with Crippen molar-refractivity contribution < 1.29 is 34.3 Å². The maximum Gasteiger partial charge on any atom is 0.229 e. The van der Waals surface area contributed by atoms with Crippen molar-refractivity contribution in [2.24, 2.45) is 5.92 Å². The predicted molar refractivity (Wildman–Crippen MR) is 143 cm³/mol. The minimum Gasteiger partial charge on any atom is -0.508 e. The summed E-state index contributed by atoms with van der Waals surface area (Å²) < 4.78 is 17.6. The second-order valence-electron chi connectivity index (χ2n) is 11.1. The molecule has 2 saturated heterocycles. The molecule has 3 aliphatic rings. The third kappa shape index (κ3) is 5.33. The van der Waals surface area contributed by atoms with E-state index in [1.54, 1.807) is 33.0 Å². The predicted octanol–water partition coefficient (Wildman–Crippen LogP) is 2.82. The SMILES string of the molecule is C=C1N[C@]2(O)C[C@H](O1)[C@@H](C)C1O[C@@]1(C)[C@@H](O)CC(=O)N(C)c1cc(cc(O)c1C)C/C(C)=C/C=C/[C@H]2OC. The van der Waals surface area contributed by atoms with Crippen molar-refractivity contribution in [3.8, 4) is 5.75 Å². The summed E-state index contributed by atoms with van der Waals surface area (Å²) in [6.45, 7) is 11.3. The molecule has 3 aliphatic heterocycles. The number of epoxide rings is 1. The molecule has 9 nitrogen and oxygen atoms in total. The topological polar surface area (TPSA) is 124 Å². The number of hydrogen-bond donors (Lipinski definition) is 4. The van der Waals surface area contributed by atoms with Crippen LogP contribution in [-0.4, -0.2) is 71.1 Å². The zero-order valence-corrected chi connectivity index (χ0v) is 23.0. The van der Waals surface area contributed by atoms with Gasteiger partial charge >= 0.3 is 0 Å². The Morgan fingerprint density at radius 2 is 2.00 bits per heavy atom. The number of phenolic OH excluding ortho intramolecular Hbond substituents is 1. The molecule has 9 heteroatoms. The molecule has 1 unspecified atom stereocenters. The van der Waals surface area contributed by atoms with Gasteiger partial charge in [-0.05, 0) is 51.5 Å². The summed E-state index contributed by atoms with van der Waals surface area (Å²) in [4.78, 5) is 14.7. The van der Waals surface area contributed by atoms with Crippen molar-refractivity contribution in [2.45, 2.75) is 82.7 Å². The van der Waals surface area contributed by atoms with Gasteiger partial charge in [-0.2, -0.15) is 0 Å². The molecule has 38 heavy (non-hydrogen) atoms.